The molecule has 0 saturated carbocycles. The largest absolute Gasteiger partial charge is 0.385 e. The summed E-state index contributed by atoms with van der Waals surface area (Å²) in [5.74, 6) is 0. The van der Waals surface area contributed by atoms with Crippen LogP contribution in [0, 0.1) is 0 Å². The van der Waals surface area contributed by atoms with Gasteiger partial charge in [0, 0.05) is 16.7 Å². The molecule has 0 aromatic heterocycles. The highest BCUT2D eigenvalue weighted by molar-refractivity contribution is 9.10. The maximum absolute atomic E-state index is 3.85. The Morgan fingerprint density at radius 1 is 0.594 bits per heavy atom. The second-order valence-corrected chi connectivity index (χ2v) is 9.55. The predicted molar refractivity (Wildman–Crippen MR) is 146 cm³/mol. The topological polar surface area (TPSA) is 12.0 Å². The number of unbranched alkanes of at least 4 members (excludes halogenated alkanes) is 7. The van der Waals surface area contributed by atoms with Crippen molar-refractivity contribution in [2.24, 2.45) is 0 Å². The number of halogens is 1. The third-order valence-electron chi connectivity index (χ3n) is 6.40. The van der Waals surface area contributed by atoms with Crippen LogP contribution in [0.25, 0.3) is 32.7 Å². The molecule has 4 aromatic carbocycles. The Kier molecular flexibility index (Phi) is 8.23. The summed E-state index contributed by atoms with van der Waals surface area (Å²) in [4.78, 5) is 0. The Hall–Kier alpha value is -2.32. The standard InChI is InChI=1S/C30H34BrN/c1-2-3-4-5-6-7-8-13-22-32-24-20-18-23(19-21-24)29-25-14-9-11-16-27(25)30(31)28-17-12-10-15-26(28)29/h9-12,14-21,32H,2-8,13,22H2,1H3. The summed E-state index contributed by atoms with van der Waals surface area (Å²) in [6.45, 7) is 3.33. The second kappa shape index (κ2) is 11.5. The molecule has 0 bridgehead atoms. The van der Waals surface area contributed by atoms with E-state index >= 15 is 0 Å². The minimum absolute atomic E-state index is 1.05. The van der Waals surface area contributed by atoms with Crippen molar-refractivity contribution in [2.75, 3.05) is 11.9 Å². The summed E-state index contributed by atoms with van der Waals surface area (Å²) >= 11 is 3.85. The Morgan fingerprint density at radius 2 is 1.09 bits per heavy atom. The fourth-order valence-corrected chi connectivity index (χ4v) is 5.32. The summed E-state index contributed by atoms with van der Waals surface area (Å²) in [7, 11) is 0. The van der Waals surface area contributed by atoms with Crippen molar-refractivity contribution in [1.29, 1.82) is 0 Å². The van der Waals surface area contributed by atoms with Crippen molar-refractivity contribution in [3.05, 3.63) is 77.3 Å². The van der Waals surface area contributed by atoms with Crippen LogP contribution in [0.2, 0.25) is 0 Å². The first-order valence-corrected chi connectivity index (χ1v) is 13.0. The van der Waals surface area contributed by atoms with E-state index in [9.17, 15) is 0 Å². The first-order chi connectivity index (χ1) is 15.8. The highest BCUT2D eigenvalue weighted by Gasteiger charge is 2.13. The van der Waals surface area contributed by atoms with Gasteiger partial charge in [0.05, 0.1) is 0 Å². The lowest BCUT2D eigenvalue weighted by Crippen LogP contribution is -2.01. The van der Waals surface area contributed by atoms with E-state index in [0.29, 0.717) is 0 Å². The number of hydrogen-bond acceptors (Lipinski definition) is 1. The molecular formula is C30H34BrN. The molecule has 0 spiro atoms. The molecule has 0 aliphatic rings. The van der Waals surface area contributed by atoms with Crippen molar-refractivity contribution >= 4 is 43.2 Å². The van der Waals surface area contributed by atoms with E-state index in [1.54, 1.807) is 0 Å². The molecular weight excluding hydrogens is 454 g/mol. The molecule has 0 amide bonds. The molecule has 2 heteroatoms. The molecule has 1 N–H and O–H groups in total. The summed E-state index contributed by atoms with van der Waals surface area (Å²) < 4.78 is 1.18. The van der Waals surface area contributed by atoms with Gasteiger partial charge in [-0.1, -0.05) is 113 Å². The summed E-state index contributed by atoms with van der Waals surface area (Å²) in [6.07, 6.45) is 10.9. The molecule has 0 atom stereocenters. The van der Waals surface area contributed by atoms with Crippen LogP contribution in [-0.4, -0.2) is 6.54 Å². The van der Waals surface area contributed by atoms with Gasteiger partial charge in [-0.15, -0.1) is 0 Å². The smallest absolute Gasteiger partial charge is 0.0340 e. The summed E-state index contributed by atoms with van der Waals surface area (Å²) in [5, 5.41) is 8.71. The molecule has 0 fully saturated rings. The molecule has 0 aliphatic heterocycles. The molecule has 0 heterocycles. The number of anilines is 1. The number of fused-ring (bicyclic) bond motifs is 2. The molecule has 32 heavy (non-hydrogen) atoms. The average molecular weight is 489 g/mol. The molecule has 166 valence electrons. The van der Waals surface area contributed by atoms with Crippen LogP contribution < -0.4 is 5.32 Å². The zero-order valence-corrected chi connectivity index (χ0v) is 20.8. The molecule has 1 nitrogen and oxygen atoms in total. The van der Waals surface area contributed by atoms with Gasteiger partial charge in [-0.25, -0.2) is 0 Å². The number of nitrogens with one attached hydrogen (secondary N) is 1. The summed E-state index contributed by atoms with van der Waals surface area (Å²) in [5.41, 5.74) is 3.79. The Bertz CT molecular complexity index is 1090. The van der Waals surface area contributed by atoms with Gasteiger partial charge in [-0.2, -0.15) is 0 Å². The number of hydrogen-bond donors (Lipinski definition) is 1. The van der Waals surface area contributed by atoms with Gasteiger partial charge in [0.2, 0.25) is 0 Å². The Balaban J connectivity index is 1.44. The fourth-order valence-electron chi connectivity index (χ4n) is 4.63. The lowest BCUT2D eigenvalue weighted by molar-refractivity contribution is 0.581. The zero-order valence-electron chi connectivity index (χ0n) is 19.2. The van der Waals surface area contributed by atoms with Crippen LogP contribution in [0.5, 0.6) is 0 Å². The normalized spacial score (nSPS) is 11.3. The van der Waals surface area contributed by atoms with E-state index < -0.39 is 0 Å². The van der Waals surface area contributed by atoms with Crippen LogP contribution in [0.15, 0.2) is 77.3 Å². The molecule has 0 radical (unpaired) electrons. The first kappa shape index (κ1) is 22.9. The van der Waals surface area contributed by atoms with Gasteiger partial charge in [-0.3, -0.25) is 0 Å². The monoisotopic (exact) mass is 487 g/mol. The third-order valence-corrected chi connectivity index (χ3v) is 7.25. The maximum Gasteiger partial charge on any atom is 0.0340 e. The molecule has 4 aromatic rings. The second-order valence-electron chi connectivity index (χ2n) is 8.76. The van der Waals surface area contributed by atoms with Gasteiger partial charge >= 0.3 is 0 Å². The third kappa shape index (κ3) is 5.35. The van der Waals surface area contributed by atoms with Crippen LogP contribution in [0.3, 0.4) is 0 Å². The van der Waals surface area contributed by atoms with Crippen LogP contribution in [0.4, 0.5) is 5.69 Å². The Labute approximate surface area is 201 Å². The van der Waals surface area contributed by atoms with Crippen molar-refractivity contribution in [1.82, 2.24) is 0 Å². The van der Waals surface area contributed by atoms with Gasteiger partial charge in [-0.05, 0) is 67.2 Å². The number of rotatable bonds is 11. The van der Waals surface area contributed by atoms with E-state index in [1.807, 2.05) is 0 Å². The number of benzene rings is 4. The molecule has 0 aliphatic carbocycles. The van der Waals surface area contributed by atoms with Crippen molar-refractivity contribution in [2.45, 2.75) is 58.3 Å². The van der Waals surface area contributed by atoms with Gasteiger partial charge in [0.25, 0.3) is 0 Å². The van der Waals surface area contributed by atoms with Crippen molar-refractivity contribution < 1.29 is 0 Å². The van der Waals surface area contributed by atoms with E-state index in [4.69, 9.17) is 0 Å². The van der Waals surface area contributed by atoms with Gasteiger partial charge in [0.1, 0.15) is 0 Å². The lowest BCUT2D eigenvalue weighted by atomic mass is 9.92. The Morgan fingerprint density at radius 3 is 1.66 bits per heavy atom. The van der Waals surface area contributed by atoms with Crippen LogP contribution >= 0.6 is 15.9 Å². The molecule has 0 unspecified atom stereocenters. The van der Waals surface area contributed by atoms with Crippen LogP contribution in [0.1, 0.15) is 58.3 Å². The quantitative estimate of drug-likeness (QED) is 0.164. The van der Waals surface area contributed by atoms with E-state index in [2.05, 4.69) is 101 Å². The highest BCUT2D eigenvalue weighted by atomic mass is 79.9. The maximum atomic E-state index is 3.85. The average Bonchev–Trinajstić information content (AvgIpc) is 2.84. The minimum atomic E-state index is 1.05. The van der Waals surface area contributed by atoms with Gasteiger partial charge in [0.15, 0.2) is 0 Å². The minimum Gasteiger partial charge on any atom is -0.385 e. The van der Waals surface area contributed by atoms with E-state index in [-0.39, 0.29) is 0 Å². The first-order valence-electron chi connectivity index (χ1n) is 12.2. The van der Waals surface area contributed by atoms with Crippen molar-refractivity contribution in [3.63, 3.8) is 0 Å². The lowest BCUT2D eigenvalue weighted by Gasteiger charge is -2.15. The molecule has 4 rings (SSSR count). The molecule has 0 saturated heterocycles. The van der Waals surface area contributed by atoms with E-state index in [0.717, 1.165) is 6.54 Å². The van der Waals surface area contributed by atoms with Crippen LogP contribution in [-0.2, 0) is 0 Å². The zero-order chi connectivity index (χ0) is 22.2. The SMILES string of the molecule is CCCCCCCCCCNc1ccc(-c2c3ccccc3c(Br)c3ccccc23)cc1. The van der Waals surface area contributed by atoms with Gasteiger partial charge < -0.3 is 5.32 Å². The summed E-state index contributed by atoms with van der Waals surface area (Å²) in [6, 6.07) is 26.3. The fraction of sp³-hybridized carbons (Fsp3) is 0.333. The van der Waals surface area contributed by atoms with Crippen molar-refractivity contribution in [3.8, 4) is 11.1 Å². The predicted octanol–water partition coefficient (Wildman–Crippen LogP) is 9.98. The highest BCUT2D eigenvalue weighted by Crippen LogP contribution is 2.41. The van der Waals surface area contributed by atoms with E-state index in [1.165, 1.54) is 94.2 Å².